The molecule has 1 heterocycles. The van der Waals surface area contributed by atoms with Crippen molar-refractivity contribution in [3.05, 3.63) is 82.2 Å². The van der Waals surface area contributed by atoms with Gasteiger partial charge in [-0.2, -0.15) is 0 Å². The Kier molecular flexibility index (Phi) is 5.89. The molecule has 31 heavy (non-hydrogen) atoms. The van der Waals surface area contributed by atoms with Gasteiger partial charge < -0.3 is 18.6 Å². The van der Waals surface area contributed by atoms with Crippen molar-refractivity contribution in [2.45, 2.75) is 20.5 Å². The maximum atomic E-state index is 12.7. The molecule has 6 nitrogen and oxygen atoms in total. The van der Waals surface area contributed by atoms with Crippen molar-refractivity contribution in [3.63, 3.8) is 0 Å². The van der Waals surface area contributed by atoms with Crippen LogP contribution < -0.4 is 15.1 Å². The first-order chi connectivity index (χ1) is 15.1. The monoisotopic (exact) mass is 418 g/mol. The molecular weight excluding hydrogens is 396 g/mol. The molecule has 1 aromatic heterocycles. The van der Waals surface area contributed by atoms with Gasteiger partial charge in [0.15, 0.2) is 11.5 Å². The Balaban J connectivity index is 1.65. The lowest BCUT2D eigenvalue weighted by molar-refractivity contribution is 0.0473. The van der Waals surface area contributed by atoms with E-state index in [1.165, 1.54) is 6.07 Å². The van der Waals surface area contributed by atoms with Gasteiger partial charge in [-0.05, 0) is 48.9 Å². The van der Waals surface area contributed by atoms with Crippen LogP contribution in [0.4, 0.5) is 0 Å². The van der Waals surface area contributed by atoms with Crippen LogP contribution in [0.15, 0.2) is 69.9 Å². The predicted molar refractivity (Wildman–Crippen MR) is 118 cm³/mol. The van der Waals surface area contributed by atoms with Gasteiger partial charge in [-0.1, -0.05) is 30.3 Å². The standard InChI is InChI=1S/C25H22O6/c1-3-28-20-11-10-17(13-22(20)29-4-2)25(27)30-15-18-14-23(26)31-21-12-9-16-7-5-6-8-19(16)24(18)21/h5-14H,3-4,15H2,1-2H3. The Morgan fingerprint density at radius 3 is 2.48 bits per heavy atom. The Hall–Kier alpha value is -3.80. The number of benzene rings is 3. The molecule has 0 amide bonds. The molecule has 0 aliphatic carbocycles. The van der Waals surface area contributed by atoms with Crippen LogP contribution >= 0.6 is 0 Å². The van der Waals surface area contributed by atoms with Gasteiger partial charge in [0, 0.05) is 17.0 Å². The number of hydrogen-bond acceptors (Lipinski definition) is 6. The minimum Gasteiger partial charge on any atom is -0.490 e. The number of carbonyl (C=O) groups excluding carboxylic acids is 1. The topological polar surface area (TPSA) is 75.0 Å². The molecule has 0 saturated carbocycles. The molecule has 0 fully saturated rings. The summed E-state index contributed by atoms with van der Waals surface area (Å²) in [7, 11) is 0. The molecule has 4 aromatic rings. The molecule has 0 saturated heterocycles. The van der Waals surface area contributed by atoms with Crippen molar-refractivity contribution in [1.29, 1.82) is 0 Å². The van der Waals surface area contributed by atoms with Crippen molar-refractivity contribution in [3.8, 4) is 11.5 Å². The average Bonchev–Trinajstić information content (AvgIpc) is 2.78. The molecule has 0 N–H and O–H groups in total. The zero-order valence-electron chi connectivity index (χ0n) is 17.3. The average molecular weight is 418 g/mol. The molecule has 0 unspecified atom stereocenters. The normalized spacial score (nSPS) is 10.9. The van der Waals surface area contributed by atoms with Gasteiger partial charge >= 0.3 is 11.6 Å². The van der Waals surface area contributed by atoms with E-state index in [-0.39, 0.29) is 6.61 Å². The maximum Gasteiger partial charge on any atom is 0.338 e. The number of carbonyl (C=O) groups is 1. The Labute approximate surface area is 179 Å². The fourth-order valence-electron chi connectivity index (χ4n) is 3.54. The summed E-state index contributed by atoms with van der Waals surface area (Å²) in [4.78, 5) is 24.7. The molecule has 0 aliphatic heterocycles. The summed E-state index contributed by atoms with van der Waals surface area (Å²) in [6.07, 6.45) is 0. The zero-order chi connectivity index (χ0) is 21.8. The third-order valence-corrected chi connectivity index (χ3v) is 4.85. The lowest BCUT2D eigenvalue weighted by Crippen LogP contribution is -2.09. The lowest BCUT2D eigenvalue weighted by Gasteiger charge is -2.13. The van der Waals surface area contributed by atoms with Gasteiger partial charge in [0.2, 0.25) is 0 Å². The minimum atomic E-state index is -0.523. The van der Waals surface area contributed by atoms with Crippen molar-refractivity contribution >= 4 is 27.7 Å². The first-order valence-corrected chi connectivity index (χ1v) is 10.1. The largest absolute Gasteiger partial charge is 0.490 e. The van der Waals surface area contributed by atoms with Gasteiger partial charge in [0.25, 0.3) is 0 Å². The molecule has 158 valence electrons. The SMILES string of the molecule is CCOc1ccc(C(=O)OCc2cc(=O)oc3ccc4ccccc4c23)cc1OCC. The van der Waals surface area contributed by atoms with Crippen molar-refractivity contribution in [2.75, 3.05) is 13.2 Å². The summed E-state index contributed by atoms with van der Waals surface area (Å²) < 4.78 is 22.0. The Morgan fingerprint density at radius 2 is 1.68 bits per heavy atom. The Morgan fingerprint density at radius 1 is 0.903 bits per heavy atom. The fourth-order valence-corrected chi connectivity index (χ4v) is 3.54. The molecule has 0 bridgehead atoms. The van der Waals surface area contributed by atoms with Crippen molar-refractivity contribution < 1.29 is 23.4 Å². The highest BCUT2D eigenvalue weighted by Crippen LogP contribution is 2.30. The van der Waals surface area contributed by atoms with E-state index >= 15 is 0 Å². The van der Waals surface area contributed by atoms with Crippen LogP contribution in [0.2, 0.25) is 0 Å². The molecular formula is C25H22O6. The first-order valence-electron chi connectivity index (χ1n) is 10.1. The summed E-state index contributed by atoms with van der Waals surface area (Å²) in [6.45, 7) is 4.60. The van der Waals surface area contributed by atoms with Crippen molar-refractivity contribution in [1.82, 2.24) is 0 Å². The smallest absolute Gasteiger partial charge is 0.338 e. The van der Waals surface area contributed by atoms with E-state index in [0.717, 1.165) is 16.2 Å². The summed E-state index contributed by atoms with van der Waals surface area (Å²) in [6, 6.07) is 17.7. The molecule has 4 rings (SSSR count). The molecule has 0 radical (unpaired) electrons. The third-order valence-electron chi connectivity index (χ3n) is 4.85. The summed E-state index contributed by atoms with van der Waals surface area (Å²) >= 11 is 0. The molecule has 3 aromatic carbocycles. The van der Waals surface area contributed by atoms with E-state index in [0.29, 0.717) is 41.4 Å². The van der Waals surface area contributed by atoms with E-state index in [2.05, 4.69) is 0 Å². The van der Waals surface area contributed by atoms with E-state index < -0.39 is 11.6 Å². The van der Waals surface area contributed by atoms with Crippen LogP contribution in [0.25, 0.3) is 21.7 Å². The van der Waals surface area contributed by atoms with Crippen LogP contribution in [0.5, 0.6) is 11.5 Å². The highest BCUT2D eigenvalue weighted by molar-refractivity contribution is 6.07. The van der Waals surface area contributed by atoms with Gasteiger partial charge in [0.1, 0.15) is 12.2 Å². The zero-order valence-corrected chi connectivity index (χ0v) is 17.3. The van der Waals surface area contributed by atoms with E-state index in [9.17, 15) is 9.59 Å². The second-order valence-corrected chi connectivity index (χ2v) is 6.85. The van der Waals surface area contributed by atoms with Crippen LogP contribution in [0, 0.1) is 0 Å². The fraction of sp³-hybridized carbons (Fsp3) is 0.200. The van der Waals surface area contributed by atoms with E-state index in [4.69, 9.17) is 18.6 Å². The van der Waals surface area contributed by atoms with E-state index in [1.54, 1.807) is 24.3 Å². The number of rotatable bonds is 7. The number of hydrogen-bond donors (Lipinski definition) is 0. The molecule has 6 heteroatoms. The number of esters is 1. The molecule has 0 spiro atoms. The highest BCUT2D eigenvalue weighted by atomic mass is 16.5. The second-order valence-electron chi connectivity index (χ2n) is 6.85. The number of fused-ring (bicyclic) bond motifs is 3. The van der Waals surface area contributed by atoms with Gasteiger partial charge in [-0.3, -0.25) is 0 Å². The third kappa shape index (κ3) is 4.23. The van der Waals surface area contributed by atoms with Crippen LogP contribution in [0.3, 0.4) is 0 Å². The second kappa shape index (κ2) is 8.92. The molecule has 0 atom stereocenters. The van der Waals surface area contributed by atoms with Gasteiger partial charge in [-0.15, -0.1) is 0 Å². The minimum absolute atomic E-state index is 0.0634. The van der Waals surface area contributed by atoms with Crippen LogP contribution in [-0.4, -0.2) is 19.2 Å². The summed E-state index contributed by atoms with van der Waals surface area (Å²) in [5, 5.41) is 2.69. The Bertz CT molecular complexity index is 1300. The quantitative estimate of drug-likeness (QED) is 0.236. The summed E-state index contributed by atoms with van der Waals surface area (Å²) in [5.41, 5.74) is 0.891. The first kappa shape index (κ1) is 20.5. The predicted octanol–water partition coefficient (Wildman–Crippen LogP) is 5.10. The highest BCUT2D eigenvalue weighted by Gasteiger charge is 2.15. The van der Waals surface area contributed by atoms with Crippen molar-refractivity contribution in [2.24, 2.45) is 0 Å². The van der Waals surface area contributed by atoms with Crippen LogP contribution in [-0.2, 0) is 11.3 Å². The lowest BCUT2D eigenvalue weighted by atomic mass is 10.0. The van der Waals surface area contributed by atoms with Gasteiger partial charge in [0.05, 0.1) is 18.8 Å². The maximum absolute atomic E-state index is 12.7. The van der Waals surface area contributed by atoms with Gasteiger partial charge in [-0.25, -0.2) is 9.59 Å². The van der Waals surface area contributed by atoms with Crippen LogP contribution in [0.1, 0.15) is 29.8 Å². The number of ether oxygens (including phenoxy) is 3. The molecule has 0 aliphatic rings. The summed E-state index contributed by atoms with van der Waals surface area (Å²) in [5.74, 6) is 0.528. The van der Waals surface area contributed by atoms with E-state index in [1.807, 2.05) is 44.2 Å².